The van der Waals surface area contributed by atoms with E-state index in [9.17, 15) is 10.2 Å². The fourth-order valence-corrected chi connectivity index (χ4v) is 20.6. The second-order valence-electron chi connectivity index (χ2n) is 19.3. The number of rotatable bonds is 12. The molecule has 388 valence electrons. The summed E-state index contributed by atoms with van der Waals surface area (Å²) in [5.74, 6) is 13.5. The predicted octanol–water partition coefficient (Wildman–Crippen LogP) is 14.7. The molecule has 0 spiro atoms. The first-order valence-electron chi connectivity index (χ1n) is 26.9. The van der Waals surface area contributed by atoms with Crippen LogP contribution in [0.5, 0.6) is 23.0 Å². The number of fused-ring (bicyclic) bond motifs is 4. The van der Waals surface area contributed by atoms with Crippen molar-refractivity contribution in [2.45, 2.75) is 83.8 Å². The van der Waals surface area contributed by atoms with Crippen LogP contribution >= 0.6 is 0 Å². The molecule has 0 aromatic heterocycles. The Balaban J connectivity index is 0.000000122. The van der Waals surface area contributed by atoms with Crippen LogP contribution < -0.4 is 9.47 Å². The molecule has 0 amide bonds. The van der Waals surface area contributed by atoms with Crippen molar-refractivity contribution in [2.75, 3.05) is 86.7 Å². The van der Waals surface area contributed by atoms with Crippen molar-refractivity contribution < 1.29 is 29.2 Å². The molecule has 12 rings (SSSR count). The molecule has 2 N–H and O–H groups in total. The molecule has 8 aromatic rings. The third-order valence-electron chi connectivity index (χ3n) is 14.4. The second-order valence-corrected chi connectivity index (χ2v) is 28.3. The number of hydrogen-bond acceptors (Lipinski definition) is 6. The number of ether oxygens (including phenoxy) is 4. The molecule has 0 bridgehead atoms. The van der Waals surface area contributed by atoms with Crippen LogP contribution in [0.25, 0.3) is 43.1 Å². The summed E-state index contributed by atoms with van der Waals surface area (Å²) in [5, 5.41) is 29.4. The van der Waals surface area contributed by atoms with E-state index in [1.807, 2.05) is 36.4 Å². The zero-order chi connectivity index (χ0) is 50.9. The standard InChI is InChI=1S/C18H23O2S.C17H21O2S.C15H16OS.C14H14OS/c1-19-11-12-20-17-9-10-18(21-13-5-2-6-14-21)16-8-4-3-7-15(16)17;1-18-10-11-19-16-8-9-17(20-12-4-5-13-20)15-7-3-2-6-14(15)16;16-14-8-9-15(17-10-4-1-5-11-17)13-7-3-2-6-12(13)14;15-13-7-8-14(16-9-3-4-10-16)12-6-2-1-5-11(12)13/h3-4,7-10H,2,5-6,11-14H2,1H3;2-3,6-9H,4-5,10-13H2,1H3;2-3,6-9H,1,4-5,10-11H2;1-2,5-8H,3-4,9-10H2/q2*+1;;/p+2. The molecule has 0 saturated carbocycles. The largest absolute Gasteiger partial charge is 0.507 e. The molecule has 4 aliphatic rings. The third kappa shape index (κ3) is 13.6. The van der Waals surface area contributed by atoms with E-state index in [1.54, 1.807) is 14.2 Å². The first-order valence-corrected chi connectivity index (χ1v) is 33.2. The summed E-state index contributed by atoms with van der Waals surface area (Å²) in [6.45, 7) is 2.46. The molecule has 10 heteroatoms. The normalized spacial score (nSPS) is 16.6. The van der Waals surface area contributed by atoms with Gasteiger partial charge in [0.05, 0.1) is 13.2 Å². The van der Waals surface area contributed by atoms with Crippen LogP contribution in [0.2, 0.25) is 0 Å². The Kier molecular flexibility index (Phi) is 20.4. The molecule has 0 unspecified atom stereocenters. The predicted molar refractivity (Wildman–Crippen MR) is 321 cm³/mol. The summed E-state index contributed by atoms with van der Waals surface area (Å²) in [6, 6.07) is 50.5. The van der Waals surface area contributed by atoms with Crippen molar-refractivity contribution in [2.24, 2.45) is 0 Å². The number of aromatic hydroxyl groups is 2. The van der Waals surface area contributed by atoms with Crippen molar-refractivity contribution in [3.05, 3.63) is 146 Å². The lowest BCUT2D eigenvalue weighted by Crippen LogP contribution is -2.18. The number of benzene rings is 8. The SMILES string of the molecule is COCCOc1ccc([S+]2CCCC2)c2ccccc12.COCCOc1ccc([S+]2CCCCC2)c2ccccc12.Oc1ccc([S+]2CCCC2)c2ccccc12.Oc1ccc([S+]2CCCCC2)c2ccccc12. The Bertz CT molecular complexity index is 3030. The van der Waals surface area contributed by atoms with Gasteiger partial charge in [-0.25, -0.2) is 0 Å². The van der Waals surface area contributed by atoms with Crippen LogP contribution in [0.3, 0.4) is 0 Å². The first-order chi connectivity index (χ1) is 36.5. The minimum atomic E-state index is 0.398. The van der Waals surface area contributed by atoms with E-state index in [0.29, 0.717) is 81.5 Å². The zero-order valence-corrected chi connectivity index (χ0v) is 46.8. The summed E-state index contributed by atoms with van der Waals surface area (Å²) < 4.78 is 21.9. The number of methoxy groups -OCH3 is 2. The average molecular weight is 1070 g/mol. The van der Waals surface area contributed by atoms with Gasteiger partial charge in [0.15, 0.2) is 19.6 Å². The first kappa shape index (κ1) is 54.1. The Morgan fingerprint density at radius 3 is 0.865 bits per heavy atom. The maximum Gasteiger partial charge on any atom is 0.162 e. The molecule has 4 fully saturated rings. The van der Waals surface area contributed by atoms with E-state index in [0.717, 1.165) is 22.3 Å². The van der Waals surface area contributed by atoms with Gasteiger partial charge in [0, 0.05) is 101 Å². The summed E-state index contributed by atoms with van der Waals surface area (Å²) in [6.07, 6.45) is 13.7. The van der Waals surface area contributed by atoms with E-state index < -0.39 is 0 Å². The maximum atomic E-state index is 9.90. The average Bonchev–Trinajstić information content (AvgIpc) is 4.22. The van der Waals surface area contributed by atoms with Gasteiger partial charge in [-0.1, -0.05) is 72.8 Å². The lowest BCUT2D eigenvalue weighted by Gasteiger charge is -2.16. The Morgan fingerprint density at radius 1 is 0.297 bits per heavy atom. The zero-order valence-electron chi connectivity index (χ0n) is 43.6. The van der Waals surface area contributed by atoms with Gasteiger partial charge in [0.1, 0.15) is 82.2 Å². The fraction of sp³-hybridized carbons (Fsp3) is 0.375. The summed E-state index contributed by atoms with van der Waals surface area (Å²) in [5.41, 5.74) is 0. The highest BCUT2D eigenvalue weighted by Gasteiger charge is 2.31. The molecule has 6 nitrogen and oxygen atoms in total. The smallest absolute Gasteiger partial charge is 0.162 e. The Morgan fingerprint density at radius 2 is 0.554 bits per heavy atom. The van der Waals surface area contributed by atoms with Crippen LogP contribution in [0.1, 0.15) is 64.2 Å². The Labute approximate surface area is 451 Å². The molecule has 4 saturated heterocycles. The molecule has 0 aliphatic carbocycles. The van der Waals surface area contributed by atoms with Crippen LogP contribution in [0, 0.1) is 0 Å². The van der Waals surface area contributed by atoms with Crippen molar-refractivity contribution in [1.82, 2.24) is 0 Å². The van der Waals surface area contributed by atoms with Crippen LogP contribution in [-0.4, -0.2) is 96.9 Å². The van der Waals surface area contributed by atoms with Crippen LogP contribution in [0.15, 0.2) is 165 Å². The molecule has 4 aliphatic heterocycles. The molecule has 0 radical (unpaired) electrons. The highest BCUT2D eigenvalue weighted by Crippen LogP contribution is 2.38. The molecule has 8 aromatic carbocycles. The summed E-state index contributed by atoms with van der Waals surface area (Å²) >= 11 is 0. The van der Waals surface area contributed by atoms with Gasteiger partial charge in [-0.3, -0.25) is 0 Å². The topological polar surface area (TPSA) is 77.4 Å². The van der Waals surface area contributed by atoms with Gasteiger partial charge in [-0.2, -0.15) is 0 Å². The minimum Gasteiger partial charge on any atom is -0.507 e. The minimum absolute atomic E-state index is 0.398. The number of phenols is 2. The van der Waals surface area contributed by atoms with Crippen LogP contribution in [-0.2, 0) is 53.1 Å². The highest BCUT2D eigenvalue weighted by molar-refractivity contribution is 7.98. The van der Waals surface area contributed by atoms with Crippen molar-refractivity contribution in [1.29, 1.82) is 0 Å². The van der Waals surface area contributed by atoms with Gasteiger partial charge < -0.3 is 29.2 Å². The van der Waals surface area contributed by atoms with E-state index >= 15 is 0 Å². The fourth-order valence-electron chi connectivity index (χ4n) is 10.6. The molecule has 0 atom stereocenters. The Hall–Kier alpha value is -4.68. The van der Waals surface area contributed by atoms with Gasteiger partial charge in [-0.05, 0) is 137 Å². The van der Waals surface area contributed by atoms with Crippen molar-refractivity contribution in [3.63, 3.8) is 0 Å². The molecule has 4 heterocycles. The number of hydrogen-bond donors (Lipinski definition) is 2. The quantitative estimate of drug-likeness (QED) is 0.0938. The number of phenolic OH excluding ortho intramolecular Hbond substituents is 2. The van der Waals surface area contributed by atoms with E-state index in [4.69, 9.17) is 18.9 Å². The van der Waals surface area contributed by atoms with Crippen molar-refractivity contribution in [3.8, 4) is 23.0 Å². The molecular formula is C64H76O6S4+4. The summed E-state index contributed by atoms with van der Waals surface area (Å²) in [7, 11) is 5.08. The van der Waals surface area contributed by atoms with Gasteiger partial charge in [0.25, 0.3) is 0 Å². The lowest BCUT2D eigenvalue weighted by molar-refractivity contribution is 0.147. The van der Waals surface area contributed by atoms with Gasteiger partial charge in [0.2, 0.25) is 0 Å². The monoisotopic (exact) mass is 1070 g/mol. The van der Waals surface area contributed by atoms with E-state index in [2.05, 4.69) is 109 Å². The molecular weight excluding hydrogens is 993 g/mol. The maximum absolute atomic E-state index is 9.90. The molecule has 74 heavy (non-hydrogen) atoms. The van der Waals surface area contributed by atoms with Gasteiger partial charge in [-0.15, -0.1) is 0 Å². The second kappa shape index (κ2) is 27.9. The van der Waals surface area contributed by atoms with Crippen molar-refractivity contribution >= 4 is 86.7 Å². The van der Waals surface area contributed by atoms with Crippen LogP contribution in [0.4, 0.5) is 0 Å². The highest BCUT2D eigenvalue weighted by atomic mass is 32.2. The van der Waals surface area contributed by atoms with E-state index in [-0.39, 0.29) is 0 Å². The lowest BCUT2D eigenvalue weighted by atomic mass is 10.1. The summed E-state index contributed by atoms with van der Waals surface area (Å²) in [4.78, 5) is 5.96. The van der Waals surface area contributed by atoms with Gasteiger partial charge >= 0.3 is 0 Å². The third-order valence-corrected chi connectivity index (χ3v) is 24.5. The van der Waals surface area contributed by atoms with E-state index in [1.165, 1.54) is 162 Å².